The number of halogens is 1. The molecule has 132 valence electrons. The number of hydrogen-bond donors (Lipinski definition) is 2. The molecule has 0 aliphatic heterocycles. The first kappa shape index (κ1) is 18.6. The number of carbonyl (C=O) groups is 1. The van der Waals surface area contributed by atoms with Gasteiger partial charge in [-0.25, -0.2) is 17.9 Å². The predicted molar refractivity (Wildman–Crippen MR) is 93.2 cm³/mol. The second kappa shape index (κ2) is 7.45. The van der Waals surface area contributed by atoms with Crippen molar-refractivity contribution < 1.29 is 22.3 Å². The smallest absolute Gasteiger partial charge is 0.248 e. The first-order valence-electron chi connectivity index (χ1n) is 7.17. The van der Waals surface area contributed by atoms with Gasteiger partial charge in [-0.1, -0.05) is 12.1 Å². The van der Waals surface area contributed by atoms with Crippen molar-refractivity contribution in [3.05, 3.63) is 59.4 Å². The van der Waals surface area contributed by atoms with Gasteiger partial charge in [-0.2, -0.15) is 0 Å². The summed E-state index contributed by atoms with van der Waals surface area (Å²) in [5.41, 5.74) is 1.23. The van der Waals surface area contributed by atoms with Gasteiger partial charge in [-0.3, -0.25) is 4.79 Å². The van der Waals surface area contributed by atoms with E-state index >= 15 is 0 Å². The van der Waals surface area contributed by atoms with Crippen molar-refractivity contribution in [3.8, 4) is 5.75 Å². The van der Waals surface area contributed by atoms with Crippen molar-refractivity contribution in [1.29, 1.82) is 0 Å². The van der Waals surface area contributed by atoms with Gasteiger partial charge < -0.3 is 10.1 Å². The Morgan fingerprint density at radius 1 is 1.24 bits per heavy atom. The van der Waals surface area contributed by atoms with E-state index in [2.05, 4.69) is 5.32 Å². The van der Waals surface area contributed by atoms with Gasteiger partial charge in [0.2, 0.25) is 15.9 Å². The zero-order valence-electron chi connectivity index (χ0n) is 13.6. The van der Waals surface area contributed by atoms with Crippen LogP contribution in [0.5, 0.6) is 5.75 Å². The molecule has 0 radical (unpaired) electrons. The SMILES string of the molecule is COc1ccc(/C=C/C(=O)Nc2ccc(C)c(S(N)(=O)=O)c2)cc1F. The zero-order valence-corrected chi connectivity index (χ0v) is 14.4. The molecule has 2 rings (SSSR count). The van der Waals surface area contributed by atoms with E-state index in [0.717, 1.165) is 0 Å². The molecule has 0 saturated carbocycles. The molecule has 3 N–H and O–H groups in total. The van der Waals surface area contributed by atoms with Crippen LogP contribution in [0.15, 0.2) is 47.4 Å². The van der Waals surface area contributed by atoms with Crippen LogP contribution in [0.4, 0.5) is 10.1 Å². The molecule has 2 aromatic rings. The van der Waals surface area contributed by atoms with Gasteiger partial charge >= 0.3 is 0 Å². The number of rotatable bonds is 5. The van der Waals surface area contributed by atoms with Crippen LogP contribution in [0.1, 0.15) is 11.1 Å². The van der Waals surface area contributed by atoms with Gasteiger partial charge in [-0.15, -0.1) is 0 Å². The Bertz CT molecular complexity index is 940. The summed E-state index contributed by atoms with van der Waals surface area (Å²) < 4.78 is 41.4. The van der Waals surface area contributed by atoms with Crippen molar-refractivity contribution in [2.75, 3.05) is 12.4 Å². The van der Waals surface area contributed by atoms with Crippen molar-refractivity contribution >= 4 is 27.7 Å². The fraction of sp³-hybridized carbons (Fsp3) is 0.118. The number of sulfonamides is 1. The molecule has 0 fully saturated rings. The summed E-state index contributed by atoms with van der Waals surface area (Å²) in [5.74, 6) is -0.932. The van der Waals surface area contributed by atoms with Gasteiger partial charge in [0.05, 0.1) is 12.0 Å². The van der Waals surface area contributed by atoms with Gasteiger partial charge in [0, 0.05) is 11.8 Å². The molecule has 0 bridgehead atoms. The lowest BCUT2D eigenvalue weighted by molar-refractivity contribution is -0.111. The Balaban J connectivity index is 2.14. The van der Waals surface area contributed by atoms with E-state index in [1.165, 1.54) is 43.5 Å². The second-order valence-electron chi connectivity index (χ2n) is 5.24. The standard InChI is InChI=1S/C17H17FN2O4S/c1-11-3-6-13(10-16(11)25(19,22)23)20-17(21)8-5-12-4-7-15(24-2)14(18)9-12/h3-10H,1-2H3,(H,20,21)(H2,19,22,23)/b8-5+. The van der Waals surface area contributed by atoms with Crippen LogP contribution in [0, 0.1) is 12.7 Å². The molecule has 0 unspecified atom stereocenters. The van der Waals surface area contributed by atoms with Crippen molar-refractivity contribution in [1.82, 2.24) is 0 Å². The summed E-state index contributed by atoms with van der Waals surface area (Å²) in [6, 6.07) is 8.65. The first-order chi connectivity index (χ1) is 11.7. The lowest BCUT2D eigenvalue weighted by Gasteiger charge is -2.07. The maximum Gasteiger partial charge on any atom is 0.248 e. The largest absolute Gasteiger partial charge is 0.494 e. The van der Waals surface area contributed by atoms with E-state index in [-0.39, 0.29) is 16.3 Å². The van der Waals surface area contributed by atoms with E-state index in [1.807, 2.05) is 0 Å². The van der Waals surface area contributed by atoms with E-state index in [0.29, 0.717) is 11.1 Å². The lowest BCUT2D eigenvalue weighted by Crippen LogP contribution is -2.15. The van der Waals surface area contributed by atoms with Crippen molar-refractivity contribution in [2.24, 2.45) is 5.14 Å². The fourth-order valence-corrected chi connectivity index (χ4v) is 2.93. The quantitative estimate of drug-likeness (QED) is 0.796. The van der Waals surface area contributed by atoms with E-state index in [4.69, 9.17) is 9.88 Å². The Morgan fingerprint density at radius 3 is 2.56 bits per heavy atom. The van der Waals surface area contributed by atoms with E-state index in [1.54, 1.807) is 19.1 Å². The van der Waals surface area contributed by atoms with Crippen LogP contribution in [0.2, 0.25) is 0 Å². The molecule has 8 heteroatoms. The minimum Gasteiger partial charge on any atom is -0.494 e. The van der Waals surface area contributed by atoms with Crippen molar-refractivity contribution in [3.63, 3.8) is 0 Å². The van der Waals surface area contributed by atoms with Crippen LogP contribution in [0.3, 0.4) is 0 Å². The summed E-state index contributed by atoms with van der Waals surface area (Å²) in [6.45, 7) is 1.60. The highest BCUT2D eigenvalue weighted by Gasteiger charge is 2.12. The highest BCUT2D eigenvalue weighted by Crippen LogP contribution is 2.20. The number of aryl methyl sites for hydroxylation is 1. The fourth-order valence-electron chi connectivity index (χ4n) is 2.13. The van der Waals surface area contributed by atoms with Crippen LogP contribution in [-0.4, -0.2) is 21.4 Å². The summed E-state index contributed by atoms with van der Waals surface area (Å²) in [7, 11) is -2.52. The minimum atomic E-state index is -3.88. The Hall–Kier alpha value is -2.71. The minimum absolute atomic E-state index is 0.0634. The van der Waals surface area contributed by atoms with Gasteiger partial charge in [0.25, 0.3) is 0 Å². The molecule has 0 aliphatic rings. The maximum absolute atomic E-state index is 13.6. The number of anilines is 1. The average molecular weight is 364 g/mol. The molecule has 0 aromatic heterocycles. The van der Waals surface area contributed by atoms with Crippen LogP contribution < -0.4 is 15.2 Å². The highest BCUT2D eigenvalue weighted by molar-refractivity contribution is 7.89. The maximum atomic E-state index is 13.6. The normalized spacial score (nSPS) is 11.5. The third kappa shape index (κ3) is 4.88. The Labute approximate surface area is 145 Å². The predicted octanol–water partition coefficient (Wildman–Crippen LogP) is 2.44. The first-order valence-corrected chi connectivity index (χ1v) is 8.71. The number of ether oxygens (including phenoxy) is 1. The molecule has 0 aliphatic carbocycles. The molecule has 0 heterocycles. The number of hydrogen-bond acceptors (Lipinski definition) is 4. The third-order valence-corrected chi connectivity index (χ3v) is 4.42. The number of nitrogens with one attached hydrogen (secondary N) is 1. The number of benzene rings is 2. The number of primary sulfonamides is 1. The molecule has 0 atom stereocenters. The molecule has 0 saturated heterocycles. The van der Waals surface area contributed by atoms with Gasteiger partial charge in [-0.05, 0) is 48.4 Å². The molecule has 6 nitrogen and oxygen atoms in total. The zero-order chi connectivity index (χ0) is 18.6. The molecule has 25 heavy (non-hydrogen) atoms. The molecular weight excluding hydrogens is 347 g/mol. The number of carbonyl (C=O) groups excluding carboxylic acids is 1. The van der Waals surface area contributed by atoms with Crippen LogP contribution in [-0.2, 0) is 14.8 Å². The summed E-state index contributed by atoms with van der Waals surface area (Å²) in [5, 5.41) is 7.65. The number of amides is 1. The number of methoxy groups -OCH3 is 1. The molecule has 1 amide bonds. The second-order valence-corrected chi connectivity index (χ2v) is 6.77. The summed E-state index contributed by atoms with van der Waals surface area (Å²) in [4.78, 5) is 11.9. The van der Waals surface area contributed by atoms with Crippen molar-refractivity contribution in [2.45, 2.75) is 11.8 Å². The summed E-state index contributed by atoms with van der Waals surface area (Å²) >= 11 is 0. The van der Waals surface area contributed by atoms with Crippen LogP contribution in [0.25, 0.3) is 6.08 Å². The topological polar surface area (TPSA) is 98.5 Å². The van der Waals surface area contributed by atoms with E-state index < -0.39 is 21.7 Å². The monoisotopic (exact) mass is 364 g/mol. The molecular formula is C17H17FN2O4S. The summed E-state index contributed by atoms with van der Waals surface area (Å²) in [6.07, 6.45) is 2.63. The Kier molecular flexibility index (Phi) is 5.55. The average Bonchev–Trinajstić information content (AvgIpc) is 2.54. The molecule has 2 aromatic carbocycles. The van der Waals surface area contributed by atoms with Crippen LogP contribution >= 0.6 is 0 Å². The number of nitrogens with two attached hydrogens (primary N) is 1. The van der Waals surface area contributed by atoms with E-state index in [9.17, 15) is 17.6 Å². The molecule has 0 spiro atoms. The lowest BCUT2D eigenvalue weighted by atomic mass is 10.2. The Morgan fingerprint density at radius 2 is 1.96 bits per heavy atom. The highest BCUT2D eigenvalue weighted by atomic mass is 32.2. The van der Waals surface area contributed by atoms with Gasteiger partial charge in [0.1, 0.15) is 0 Å². The van der Waals surface area contributed by atoms with Gasteiger partial charge in [0.15, 0.2) is 11.6 Å². The third-order valence-electron chi connectivity index (χ3n) is 3.37.